The lowest BCUT2D eigenvalue weighted by atomic mass is 10.2. The zero-order valence-corrected chi connectivity index (χ0v) is 11.8. The van der Waals surface area contributed by atoms with Crippen LogP contribution in [0.5, 0.6) is 5.75 Å². The van der Waals surface area contributed by atoms with Crippen LogP contribution < -0.4 is 4.74 Å². The third kappa shape index (κ3) is 3.93. The number of carbonyl (C=O) groups is 2. The average molecular weight is 290 g/mol. The first-order valence-corrected chi connectivity index (χ1v) is 6.92. The zero-order chi connectivity index (χ0) is 14.4. The van der Waals surface area contributed by atoms with Crippen LogP contribution in [0.3, 0.4) is 0 Å². The summed E-state index contributed by atoms with van der Waals surface area (Å²) in [6, 6.07) is 10.7. The van der Waals surface area contributed by atoms with Crippen molar-refractivity contribution in [3.05, 3.63) is 52.2 Å². The fourth-order valence-corrected chi connectivity index (χ4v) is 2.26. The van der Waals surface area contributed by atoms with Crippen molar-refractivity contribution < 1.29 is 19.1 Å². The molecule has 0 saturated carbocycles. The highest BCUT2D eigenvalue weighted by Crippen LogP contribution is 2.14. The number of benzene rings is 1. The molecule has 1 aromatic carbocycles. The molecule has 0 bridgehead atoms. The van der Waals surface area contributed by atoms with E-state index in [-0.39, 0.29) is 18.8 Å². The van der Waals surface area contributed by atoms with Gasteiger partial charge >= 0.3 is 5.97 Å². The Kier molecular flexibility index (Phi) is 4.90. The minimum absolute atomic E-state index is 0.153. The summed E-state index contributed by atoms with van der Waals surface area (Å²) in [5, 5.41) is 1.80. The molecule has 0 saturated heterocycles. The number of thiophene rings is 1. The summed E-state index contributed by atoms with van der Waals surface area (Å²) in [6.45, 7) is 0.153. The molecule has 1 aromatic heterocycles. The molecule has 5 heteroatoms. The first kappa shape index (κ1) is 14.3. The molecule has 0 aliphatic rings. The molecule has 0 unspecified atom stereocenters. The number of hydrogen-bond donors (Lipinski definition) is 0. The Morgan fingerprint density at radius 2 is 1.90 bits per heavy atom. The Hall–Kier alpha value is -2.14. The van der Waals surface area contributed by atoms with Gasteiger partial charge in [0, 0.05) is 0 Å². The summed E-state index contributed by atoms with van der Waals surface area (Å²) in [5.74, 6) is 0.0203. The highest BCUT2D eigenvalue weighted by Gasteiger charge is 2.13. The molecular formula is C15H14O4S. The van der Waals surface area contributed by atoms with Gasteiger partial charge in [-0.3, -0.25) is 9.59 Å². The Labute approximate surface area is 121 Å². The van der Waals surface area contributed by atoms with E-state index in [9.17, 15) is 9.59 Å². The van der Waals surface area contributed by atoms with Crippen molar-refractivity contribution in [1.29, 1.82) is 0 Å². The fraction of sp³-hybridized carbons (Fsp3) is 0.200. The van der Waals surface area contributed by atoms with Crippen molar-refractivity contribution in [2.45, 2.75) is 13.0 Å². The van der Waals surface area contributed by atoms with Crippen molar-refractivity contribution in [2.75, 3.05) is 7.11 Å². The molecule has 20 heavy (non-hydrogen) atoms. The first-order valence-electron chi connectivity index (χ1n) is 6.04. The quantitative estimate of drug-likeness (QED) is 0.466. The van der Waals surface area contributed by atoms with Crippen LogP contribution in [0, 0.1) is 0 Å². The topological polar surface area (TPSA) is 52.6 Å². The Morgan fingerprint density at radius 1 is 1.15 bits per heavy atom. The van der Waals surface area contributed by atoms with Gasteiger partial charge in [-0.1, -0.05) is 18.2 Å². The second-order valence-corrected chi connectivity index (χ2v) is 5.03. The maximum Gasteiger partial charge on any atom is 0.314 e. The largest absolute Gasteiger partial charge is 0.497 e. The van der Waals surface area contributed by atoms with Gasteiger partial charge in [0.2, 0.25) is 0 Å². The number of rotatable bonds is 6. The first-order chi connectivity index (χ1) is 9.69. The van der Waals surface area contributed by atoms with E-state index < -0.39 is 5.97 Å². The van der Waals surface area contributed by atoms with Gasteiger partial charge in [-0.25, -0.2) is 0 Å². The molecule has 0 aliphatic heterocycles. The van der Waals surface area contributed by atoms with E-state index in [1.165, 1.54) is 11.3 Å². The van der Waals surface area contributed by atoms with Crippen LogP contribution in [-0.2, 0) is 16.1 Å². The SMILES string of the molecule is COc1ccc(COC(=O)CC(=O)c2cccs2)cc1. The lowest BCUT2D eigenvalue weighted by molar-refractivity contribution is -0.143. The van der Waals surface area contributed by atoms with Crippen LogP contribution >= 0.6 is 11.3 Å². The summed E-state index contributed by atoms with van der Waals surface area (Å²) >= 11 is 1.32. The van der Waals surface area contributed by atoms with Crippen LogP contribution in [0.2, 0.25) is 0 Å². The summed E-state index contributed by atoms with van der Waals surface area (Å²) in [6.07, 6.45) is -0.226. The van der Waals surface area contributed by atoms with Crippen molar-refractivity contribution in [1.82, 2.24) is 0 Å². The lowest BCUT2D eigenvalue weighted by Crippen LogP contribution is -2.10. The van der Waals surface area contributed by atoms with E-state index >= 15 is 0 Å². The summed E-state index contributed by atoms with van der Waals surface area (Å²) in [5.41, 5.74) is 0.850. The molecule has 1 heterocycles. The fourth-order valence-electron chi connectivity index (χ4n) is 1.59. The minimum Gasteiger partial charge on any atom is -0.497 e. The van der Waals surface area contributed by atoms with Crippen molar-refractivity contribution in [2.24, 2.45) is 0 Å². The molecule has 4 nitrogen and oxygen atoms in total. The molecule has 2 aromatic rings. The van der Waals surface area contributed by atoms with Gasteiger partial charge in [-0.05, 0) is 29.1 Å². The lowest BCUT2D eigenvalue weighted by Gasteiger charge is -2.05. The van der Waals surface area contributed by atoms with Gasteiger partial charge in [0.15, 0.2) is 5.78 Å². The molecule has 0 radical (unpaired) electrons. The normalized spacial score (nSPS) is 10.1. The van der Waals surface area contributed by atoms with Gasteiger partial charge < -0.3 is 9.47 Å². The van der Waals surface area contributed by atoms with Gasteiger partial charge in [0.25, 0.3) is 0 Å². The van der Waals surface area contributed by atoms with Crippen molar-refractivity contribution >= 4 is 23.1 Å². The van der Waals surface area contributed by atoms with Gasteiger partial charge in [-0.15, -0.1) is 11.3 Å². The van der Waals surface area contributed by atoms with E-state index in [4.69, 9.17) is 9.47 Å². The van der Waals surface area contributed by atoms with Gasteiger partial charge in [0.1, 0.15) is 18.8 Å². The summed E-state index contributed by atoms with van der Waals surface area (Å²) < 4.78 is 10.1. The van der Waals surface area contributed by atoms with Crippen molar-refractivity contribution in [3.8, 4) is 5.75 Å². The molecule has 2 rings (SSSR count). The molecule has 104 valence electrons. The standard InChI is InChI=1S/C15H14O4S/c1-18-12-6-4-11(5-7-12)10-19-15(17)9-13(16)14-3-2-8-20-14/h2-8H,9-10H2,1H3. The maximum atomic E-state index is 11.7. The van der Waals surface area contributed by atoms with E-state index in [0.29, 0.717) is 4.88 Å². The molecule has 0 fully saturated rings. The number of ether oxygens (including phenoxy) is 2. The van der Waals surface area contributed by atoms with Crippen LogP contribution in [0.4, 0.5) is 0 Å². The van der Waals surface area contributed by atoms with Crippen LogP contribution in [0.1, 0.15) is 21.7 Å². The van der Waals surface area contributed by atoms with E-state index in [2.05, 4.69) is 0 Å². The number of hydrogen-bond acceptors (Lipinski definition) is 5. The van der Waals surface area contributed by atoms with E-state index in [1.54, 1.807) is 36.8 Å². The molecule has 0 N–H and O–H groups in total. The monoisotopic (exact) mass is 290 g/mol. The Morgan fingerprint density at radius 3 is 2.50 bits per heavy atom. The van der Waals surface area contributed by atoms with E-state index in [0.717, 1.165) is 11.3 Å². The number of ketones is 1. The van der Waals surface area contributed by atoms with E-state index in [1.807, 2.05) is 12.1 Å². The predicted octanol–water partition coefficient (Wildman–Crippen LogP) is 3.07. The second-order valence-electron chi connectivity index (χ2n) is 4.09. The molecule has 0 spiro atoms. The van der Waals surface area contributed by atoms with Gasteiger partial charge in [-0.2, -0.15) is 0 Å². The average Bonchev–Trinajstić information content (AvgIpc) is 3.00. The Balaban J connectivity index is 1.81. The smallest absolute Gasteiger partial charge is 0.314 e. The highest BCUT2D eigenvalue weighted by atomic mass is 32.1. The van der Waals surface area contributed by atoms with Gasteiger partial charge in [0.05, 0.1) is 12.0 Å². The number of methoxy groups -OCH3 is 1. The highest BCUT2D eigenvalue weighted by molar-refractivity contribution is 7.12. The van der Waals surface area contributed by atoms with Crippen LogP contribution in [0.15, 0.2) is 41.8 Å². The second kappa shape index (κ2) is 6.86. The number of carbonyl (C=O) groups excluding carboxylic acids is 2. The molecule has 0 amide bonds. The molecule has 0 atom stereocenters. The van der Waals surface area contributed by atoms with Crippen molar-refractivity contribution in [3.63, 3.8) is 0 Å². The minimum atomic E-state index is -0.515. The molecule has 0 aliphatic carbocycles. The summed E-state index contributed by atoms with van der Waals surface area (Å²) in [4.78, 5) is 23.9. The summed E-state index contributed by atoms with van der Waals surface area (Å²) in [7, 11) is 1.59. The Bertz CT molecular complexity index is 572. The third-order valence-electron chi connectivity index (χ3n) is 2.66. The molecular weight excluding hydrogens is 276 g/mol. The maximum absolute atomic E-state index is 11.7. The third-order valence-corrected chi connectivity index (χ3v) is 3.57. The van der Waals surface area contributed by atoms with Crippen LogP contribution in [0.25, 0.3) is 0 Å². The predicted molar refractivity (Wildman–Crippen MR) is 76.1 cm³/mol. The van der Waals surface area contributed by atoms with Crippen LogP contribution in [-0.4, -0.2) is 18.9 Å². The number of esters is 1. The zero-order valence-electron chi connectivity index (χ0n) is 11.0. The number of Topliss-reactive ketones (excluding diaryl/α,β-unsaturated/α-hetero) is 1.